The lowest BCUT2D eigenvalue weighted by atomic mass is 10.0. The molecule has 1 amide bonds. The zero-order valence-corrected chi connectivity index (χ0v) is 49.6. The number of allylic oxidation sites excluding steroid dienone is 2. The van der Waals surface area contributed by atoms with E-state index in [9.17, 15) is 19.8 Å². The Bertz CT molecular complexity index is 1100. The maximum atomic E-state index is 12.5. The van der Waals surface area contributed by atoms with E-state index >= 15 is 0 Å². The van der Waals surface area contributed by atoms with Crippen LogP contribution in [0, 0.1) is 0 Å². The second kappa shape index (κ2) is 63.1. The van der Waals surface area contributed by atoms with Gasteiger partial charge in [-0.15, -0.1) is 0 Å². The summed E-state index contributed by atoms with van der Waals surface area (Å²) in [5.41, 5.74) is 0. The van der Waals surface area contributed by atoms with E-state index in [1.165, 1.54) is 308 Å². The van der Waals surface area contributed by atoms with E-state index in [1.807, 2.05) is 0 Å². The number of carbonyl (C=O) groups excluding carboxylic acids is 2. The molecule has 0 aliphatic heterocycles. The molecule has 0 aromatic heterocycles. The Balaban J connectivity index is 3.34. The van der Waals surface area contributed by atoms with Crippen LogP contribution in [0.15, 0.2) is 12.2 Å². The highest BCUT2D eigenvalue weighted by atomic mass is 16.5. The van der Waals surface area contributed by atoms with Crippen LogP contribution in [0.25, 0.3) is 0 Å². The van der Waals surface area contributed by atoms with E-state index in [0.29, 0.717) is 25.9 Å². The van der Waals surface area contributed by atoms with Crippen molar-refractivity contribution >= 4 is 11.9 Å². The molecule has 0 fully saturated rings. The van der Waals surface area contributed by atoms with Gasteiger partial charge in [0.15, 0.2) is 0 Å². The zero-order chi connectivity index (χ0) is 52.9. The third kappa shape index (κ3) is 59.7. The molecule has 0 rings (SSSR count). The van der Waals surface area contributed by atoms with Crippen molar-refractivity contribution in [3.05, 3.63) is 12.2 Å². The first-order chi connectivity index (χ1) is 36.0. The normalized spacial score (nSPS) is 12.5. The van der Waals surface area contributed by atoms with Crippen molar-refractivity contribution in [3.8, 4) is 0 Å². The van der Waals surface area contributed by atoms with Gasteiger partial charge in [-0.1, -0.05) is 328 Å². The summed E-state index contributed by atoms with van der Waals surface area (Å²) in [4.78, 5) is 24.5. The molecule has 2 atom stereocenters. The first-order valence-corrected chi connectivity index (χ1v) is 33.4. The van der Waals surface area contributed by atoms with Crippen LogP contribution in [0.2, 0.25) is 0 Å². The van der Waals surface area contributed by atoms with Crippen molar-refractivity contribution in [2.75, 3.05) is 13.2 Å². The lowest BCUT2D eigenvalue weighted by molar-refractivity contribution is -0.143. The summed E-state index contributed by atoms with van der Waals surface area (Å²) in [6.45, 7) is 4.98. The second-order valence-electron chi connectivity index (χ2n) is 23.2. The minimum Gasteiger partial charge on any atom is -0.466 e. The molecule has 3 N–H and O–H groups in total. The van der Waals surface area contributed by atoms with Gasteiger partial charge in [-0.3, -0.25) is 9.59 Å². The smallest absolute Gasteiger partial charge is 0.305 e. The van der Waals surface area contributed by atoms with Crippen LogP contribution in [0.5, 0.6) is 0 Å². The minimum absolute atomic E-state index is 0.0180. The number of unbranched alkanes of at least 4 members (excludes halogenated alkanes) is 50. The fraction of sp³-hybridized carbons (Fsp3) is 0.940. The molecule has 0 spiro atoms. The van der Waals surface area contributed by atoms with Crippen LogP contribution in [-0.2, 0) is 14.3 Å². The summed E-state index contributed by atoms with van der Waals surface area (Å²) in [5, 5.41) is 23.3. The maximum Gasteiger partial charge on any atom is 0.305 e. The van der Waals surface area contributed by atoms with Gasteiger partial charge in [0.25, 0.3) is 0 Å². The Morgan fingerprint density at radius 2 is 0.644 bits per heavy atom. The van der Waals surface area contributed by atoms with Crippen molar-refractivity contribution in [1.29, 1.82) is 0 Å². The van der Waals surface area contributed by atoms with Crippen LogP contribution < -0.4 is 5.32 Å². The summed E-state index contributed by atoms with van der Waals surface area (Å²) in [6.07, 6.45) is 76.8. The number of amides is 1. The first-order valence-electron chi connectivity index (χ1n) is 33.4. The molecule has 0 saturated heterocycles. The summed E-state index contributed by atoms with van der Waals surface area (Å²) in [7, 11) is 0. The molecule has 0 radical (unpaired) electrons. The predicted molar refractivity (Wildman–Crippen MR) is 320 cm³/mol. The molecular weight excluding hydrogens is 899 g/mol. The molecule has 0 aliphatic rings. The van der Waals surface area contributed by atoms with E-state index in [-0.39, 0.29) is 18.5 Å². The summed E-state index contributed by atoms with van der Waals surface area (Å²) >= 11 is 0. The monoisotopic (exact) mass is 1030 g/mol. The number of carbonyl (C=O) groups is 2. The Hall–Kier alpha value is -1.40. The SMILES string of the molecule is CCCCCCCCCCCCCCCCC(O)C(CO)NC(=O)CCCCCCCCCCCCCCCCC/C=C\CCCCCCCCCCCCCCOC(=O)CCCCCCCCCCCCC. The van der Waals surface area contributed by atoms with Crippen LogP contribution in [-0.4, -0.2) is 47.4 Å². The van der Waals surface area contributed by atoms with E-state index in [2.05, 4.69) is 31.3 Å². The van der Waals surface area contributed by atoms with Gasteiger partial charge >= 0.3 is 5.97 Å². The molecule has 73 heavy (non-hydrogen) atoms. The lowest BCUT2D eigenvalue weighted by Crippen LogP contribution is -2.45. The molecule has 0 aromatic rings. The standard InChI is InChI=1S/C67H131NO5/c1-3-5-7-9-11-13-15-16-36-40-43-47-51-55-59-65(70)64(63-69)68-66(71)60-56-52-48-44-41-37-34-32-30-28-26-24-22-20-18-17-19-21-23-25-27-29-31-33-35-38-42-46-50-54-58-62-73-67(72)61-57-53-49-45-39-14-12-10-8-6-4-2/h19,21,64-65,69-70H,3-18,20,22-63H2,1-2H3,(H,68,71)/b21-19-. The first kappa shape index (κ1) is 71.6. The number of aliphatic hydroxyl groups excluding tert-OH is 2. The summed E-state index contributed by atoms with van der Waals surface area (Å²) in [5.74, 6) is -0.0123. The number of rotatable bonds is 63. The third-order valence-electron chi connectivity index (χ3n) is 15.8. The molecule has 6 heteroatoms. The van der Waals surface area contributed by atoms with Crippen molar-refractivity contribution in [2.45, 2.75) is 392 Å². The van der Waals surface area contributed by atoms with Crippen LogP contribution in [0.3, 0.4) is 0 Å². The van der Waals surface area contributed by atoms with Gasteiger partial charge in [-0.05, 0) is 51.4 Å². The molecular formula is C67H131NO5. The van der Waals surface area contributed by atoms with E-state index in [1.54, 1.807) is 0 Å². The topological polar surface area (TPSA) is 95.9 Å². The molecule has 0 bridgehead atoms. The quantitative estimate of drug-likeness (QED) is 0.0320. The lowest BCUT2D eigenvalue weighted by Gasteiger charge is -2.22. The van der Waals surface area contributed by atoms with E-state index in [4.69, 9.17) is 4.74 Å². The highest BCUT2D eigenvalue weighted by Gasteiger charge is 2.20. The molecule has 0 aliphatic carbocycles. The van der Waals surface area contributed by atoms with Crippen LogP contribution in [0.1, 0.15) is 380 Å². The predicted octanol–water partition coefficient (Wildman–Crippen LogP) is 21.2. The summed E-state index contributed by atoms with van der Waals surface area (Å²) < 4.78 is 5.47. The average molecular weight is 1030 g/mol. The molecule has 434 valence electrons. The zero-order valence-electron chi connectivity index (χ0n) is 49.6. The third-order valence-corrected chi connectivity index (χ3v) is 15.8. The Morgan fingerprint density at radius 1 is 0.370 bits per heavy atom. The molecule has 6 nitrogen and oxygen atoms in total. The van der Waals surface area contributed by atoms with Crippen molar-refractivity contribution in [3.63, 3.8) is 0 Å². The maximum absolute atomic E-state index is 12.5. The molecule has 0 aromatic carbocycles. The van der Waals surface area contributed by atoms with Gasteiger partial charge in [0.05, 0.1) is 25.4 Å². The Labute approximate surface area is 457 Å². The number of aliphatic hydroxyl groups is 2. The Kier molecular flexibility index (Phi) is 61.9. The summed E-state index contributed by atoms with van der Waals surface area (Å²) in [6, 6.07) is -0.538. The fourth-order valence-electron chi connectivity index (χ4n) is 10.7. The Morgan fingerprint density at radius 3 is 0.973 bits per heavy atom. The van der Waals surface area contributed by atoms with Crippen molar-refractivity contribution in [2.24, 2.45) is 0 Å². The second-order valence-corrected chi connectivity index (χ2v) is 23.2. The van der Waals surface area contributed by atoms with Gasteiger partial charge in [0, 0.05) is 12.8 Å². The molecule has 2 unspecified atom stereocenters. The van der Waals surface area contributed by atoms with Crippen LogP contribution >= 0.6 is 0 Å². The van der Waals surface area contributed by atoms with Gasteiger partial charge in [0.2, 0.25) is 5.91 Å². The number of hydrogen-bond donors (Lipinski definition) is 3. The van der Waals surface area contributed by atoms with Gasteiger partial charge in [-0.25, -0.2) is 0 Å². The highest BCUT2D eigenvalue weighted by Crippen LogP contribution is 2.19. The number of ether oxygens (including phenoxy) is 1. The van der Waals surface area contributed by atoms with Gasteiger partial charge in [0.1, 0.15) is 0 Å². The largest absolute Gasteiger partial charge is 0.466 e. The minimum atomic E-state index is -0.661. The number of nitrogens with one attached hydrogen (secondary N) is 1. The number of esters is 1. The van der Waals surface area contributed by atoms with Crippen molar-refractivity contribution in [1.82, 2.24) is 5.32 Å². The van der Waals surface area contributed by atoms with E-state index < -0.39 is 12.1 Å². The average Bonchev–Trinajstić information content (AvgIpc) is 3.39. The van der Waals surface area contributed by atoms with E-state index in [0.717, 1.165) is 38.5 Å². The fourth-order valence-corrected chi connectivity index (χ4v) is 10.7. The number of hydrogen-bond acceptors (Lipinski definition) is 5. The molecule has 0 saturated carbocycles. The van der Waals surface area contributed by atoms with Crippen molar-refractivity contribution < 1.29 is 24.5 Å². The van der Waals surface area contributed by atoms with Gasteiger partial charge < -0.3 is 20.3 Å². The highest BCUT2D eigenvalue weighted by molar-refractivity contribution is 5.76. The van der Waals surface area contributed by atoms with Crippen LogP contribution in [0.4, 0.5) is 0 Å². The van der Waals surface area contributed by atoms with Gasteiger partial charge in [-0.2, -0.15) is 0 Å². The molecule has 0 heterocycles.